The van der Waals surface area contributed by atoms with Gasteiger partial charge in [0.1, 0.15) is 12.4 Å². The number of nitrogens with one attached hydrogen (secondary N) is 1. The first kappa shape index (κ1) is 16.2. The number of ether oxygens (including phenoxy) is 1. The lowest BCUT2D eigenvalue weighted by Gasteiger charge is -2.08. The molecular weight excluding hydrogens is 326 g/mol. The van der Waals surface area contributed by atoms with E-state index in [1.807, 2.05) is 26.0 Å². The van der Waals surface area contributed by atoms with Crippen LogP contribution in [0.15, 0.2) is 36.4 Å². The number of aryl methyl sites for hydroxylation is 2. The Labute approximate surface area is 143 Å². The van der Waals surface area contributed by atoms with Crippen LogP contribution in [0.3, 0.4) is 0 Å². The summed E-state index contributed by atoms with van der Waals surface area (Å²) in [6.45, 7) is 5.20. The standard InChI is InChI=1S/C17H17N3O3S/c1-11-7-12(2)9-14(8-11)23-6-5-18-17-19-15-4-3-13(20(21)22)10-16(15)24-17/h3-4,7-10H,5-6H2,1-2H3,(H,18,19). The molecule has 0 saturated carbocycles. The number of hydrogen-bond acceptors (Lipinski definition) is 6. The van der Waals surface area contributed by atoms with Crippen molar-refractivity contribution >= 4 is 32.4 Å². The third-order valence-corrected chi connectivity index (χ3v) is 4.40. The maximum Gasteiger partial charge on any atom is 0.270 e. The molecule has 0 saturated heterocycles. The van der Waals surface area contributed by atoms with Crippen LogP contribution < -0.4 is 10.1 Å². The summed E-state index contributed by atoms with van der Waals surface area (Å²) in [5.74, 6) is 0.856. The summed E-state index contributed by atoms with van der Waals surface area (Å²) in [5, 5.41) is 14.7. The fourth-order valence-corrected chi connectivity index (χ4v) is 3.37. The summed E-state index contributed by atoms with van der Waals surface area (Å²) < 4.78 is 6.53. The number of rotatable bonds is 6. The predicted molar refractivity (Wildman–Crippen MR) is 96.2 cm³/mol. The van der Waals surface area contributed by atoms with Gasteiger partial charge in [0.25, 0.3) is 5.69 Å². The lowest BCUT2D eigenvalue weighted by molar-refractivity contribution is -0.384. The number of fused-ring (bicyclic) bond motifs is 1. The molecule has 1 heterocycles. The molecule has 0 spiro atoms. The van der Waals surface area contributed by atoms with Crippen LogP contribution >= 0.6 is 11.3 Å². The van der Waals surface area contributed by atoms with E-state index in [1.165, 1.54) is 28.5 Å². The van der Waals surface area contributed by atoms with Crippen molar-refractivity contribution < 1.29 is 9.66 Å². The van der Waals surface area contributed by atoms with E-state index < -0.39 is 4.92 Å². The Bertz CT molecular complexity index is 872. The third kappa shape index (κ3) is 3.80. The van der Waals surface area contributed by atoms with Crippen molar-refractivity contribution in [1.29, 1.82) is 0 Å². The summed E-state index contributed by atoms with van der Waals surface area (Å²) in [7, 11) is 0. The van der Waals surface area contributed by atoms with Crippen molar-refractivity contribution in [3.63, 3.8) is 0 Å². The van der Waals surface area contributed by atoms with Gasteiger partial charge in [0, 0.05) is 12.1 Å². The van der Waals surface area contributed by atoms with E-state index in [0.29, 0.717) is 13.2 Å². The SMILES string of the molecule is Cc1cc(C)cc(OCCNc2nc3ccc([N+](=O)[O-])cc3s2)c1. The van der Waals surface area contributed by atoms with Gasteiger partial charge in [0.05, 0.1) is 21.7 Å². The number of benzene rings is 2. The van der Waals surface area contributed by atoms with Gasteiger partial charge in [-0.3, -0.25) is 10.1 Å². The van der Waals surface area contributed by atoms with Gasteiger partial charge < -0.3 is 10.1 Å². The molecule has 0 aliphatic rings. The average molecular weight is 343 g/mol. The zero-order valence-corrected chi connectivity index (χ0v) is 14.2. The van der Waals surface area contributed by atoms with Gasteiger partial charge in [-0.1, -0.05) is 17.4 Å². The molecule has 0 aliphatic carbocycles. The molecule has 0 fully saturated rings. The Morgan fingerprint density at radius 1 is 1.21 bits per heavy atom. The zero-order chi connectivity index (χ0) is 17.1. The first-order chi connectivity index (χ1) is 11.5. The molecule has 0 radical (unpaired) electrons. The van der Waals surface area contributed by atoms with Crippen LogP contribution in [0.25, 0.3) is 10.2 Å². The fraction of sp³-hybridized carbons (Fsp3) is 0.235. The lowest BCUT2D eigenvalue weighted by atomic mass is 10.1. The minimum absolute atomic E-state index is 0.0795. The van der Waals surface area contributed by atoms with Crippen molar-refractivity contribution in [2.75, 3.05) is 18.5 Å². The average Bonchev–Trinajstić information content (AvgIpc) is 2.92. The summed E-state index contributed by atoms with van der Waals surface area (Å²) in [6.07, 6.45) is 0. The molecule has 2 aromatic carbocycles. The predicted octanol–water partition coefficient (Wildman–Crippen LogP) is 4.31. The molecule has 6 nitrogen and oxygen atoms in total. The van der Waals surface area contributed by atoms with Gasteiger partial charge in [-0.05, 0) is 43.2 Å². The molecule has 3 aromatic rings. The Balaban J connectivity index is 1.58. The van der Waals surface area contributed by atoms with E-state index in [0.717, 1.165) is 21.1 Å². The summed E-state index contributed by atoms with van der Waals surface area (Å²) in [6, 6.07) is 10.8. The number of thiazole rings is 1. The van der Waals surface area contributed by atoms with Crippen molar-refractivity contribution in [2.24, 2.45) is 0 Å². The second kappa shape index (κ2) is 6.84. The van der Waals surface area contributed by atoms with E-state index in [-0.39, 0.29) is 5.69 Å². The van der Waals surface area contributed by atoms with Crippen LogP contribution in [0, 0.1) is 24.0 Å². The highest BCUT2D eigenvalue weighted by atomic mass is 32.1. The molecule has 0 aliphatic heterocycles. The Morgan fingerprint density at radius 2 is 1.96 bits per heavy atom. The Morgan fingerprint density at radius 3 is 2.67 bits per heavy atom. The number of non-ortho nitro benzene ring substituents is 1. The third-order valence-electron chi connectivity index (χ3n) is 3.43. The molecule has 0 bridgehead atoms. The van der Waals surface area contributed by atoms with Crippen LogP contribution in [0.2, 0.25) is 0 Å². The summed E-state index contributed by atoms with van der Waals surface area (Å²) >= 11 is 1.40. The van der Waals surface area contributed by atoms with E-state index in [1.54, 1.807) is 12.1 Å². The molecule has 7 heteroatoms. The smallest absolute Gasteiger partial charge is 0.270 e. The zero-order valence-electron chi connectivity index (χ0n) is 13.4. The number of nitrogens with zero attached hydrogens (tertiary/aromatic N) is 2. The highest BCUT2D eigenvalue weighted by molar-refractivity contribution is 7.22. The summed E-state index contributed by atoms with van der Waals surface area (Å²) in [5.41, 5.74) is 3.18. The lowest BCUT2D eigenvalue weighted by Crippen LogP contribution is -2.11. The van der Waals surface area contributed by atoms with Crippen LogP contribution in [0.5, 0.6) is 5.75 Å². The van der Waals surface area contributed by atoms with Crippen molar-refractivity contribution in [2.45, 2.75) is 13.8 Å². The molecule has 0 amide bonds. The van der Waals surface area contributed by atoms with Crippen LogP contribution in [-0.4, -0.2) is 23.1 Å². The minimum atomic E-state index is -0.399. The normalized spacial score (nSPS) is 10.8. The van der Waals surface area contributed by atoms with E-state index in [4.69, 9.17) is 4.74 Å². The van der Waals surface area contributed by atoms with Gasteiger partial charge in [-0.25, -0.2) is 4.98 Å². The molecule has 124 valence electrons. The second-order valence-corrected chi connectivity index (χ2v) is 6.56. The van der Waals surface area contributed by atoms with Crippen LogP contribution in [0.1, 0.15) is 11.1 Å². The quantitative estimate of drug-likeness (QED) is 0.410. The number of nitro benzene ring substituents is 1. The van der Waals surface area contributed by atoms with Gasteiger partial charge in [0.15, 0.2) is 5.13 Å². The van der Waals surface area contributed by atoms with Crippen molar-refractivity contribution in [3.8, 4) is 5.75 Å². The Kier molecular flexibility index (Phi) is 4.61. The summed E-state index contributed by atoms with van der Waals surface area (Å²) in [4.78, 5) is 14.8. The van der Waals surface area contributed by atoms with Gasteiger partial charge in [-0.15, -0.1) is 0 Å². The number of anilines is 1. The monoisotopic (exact) mass is 343 g/mol. The second-order valence-electron chi connectivity index (χ2n) is 5.53. The van der Waals surface area contributed by atoms with E-state index >= 15 is 0 Å². The molecule has 3 rings (SSSR count). The molecule has 24 heavy (non-hydrogen) atoms. The van der Waals surface area contributed by atoms with Gasteiger partial charge in [-0.2, -0.15) is 0 Å². The van der Waals surface area contributed by atoms with E-state index in [2.05, 4.69) is 16.4 Å². The first-order valence-corrected chi connectivity index (χ1v) is 8.33. The highest BCUT2D eigenvalue weighted by Crippen LogP contribution is 2.29. The topological polar surface area (TPSA) is 77.3 Å². The highest BCUT2D eigenvalue weighted by Gasteiger charge is 2.10. The fourth-order valence-electron chi connectivity index (χ4n) is 2.45. The Hall–Kier alpha value is -2.67. The number of hydrogen-bond donors (Lipinski definition) is 1. The molecular formula is C17H17N3O3S. The van der Waals surface area contributed by atoms with Gasteiger partial charge in [0.2, 0.25) is 0 Å². The maximum absolute atomic E-state index is 10.8. The molecule has 0 unspecified atom stereocenters. The maximum atomic E-state index is 10.8. The molecule has 1 N–H and O–H groups in total. The van der Waals surface area contributed by atoms with Crippen molar-refractivity contribution in [3.05, 3.63) is 57.6 Å². The van der Waals surface area contributed by atoms with Crippen LogP contribution in [0.4, 0.5) is 10.8 Å². The number of nitro groups is 1. The molecule has 0 atom stereocenters. The van der Waals surface area contributed by atoms with Crippen molar-refractivity contribution in [1.82, 2.24) is 4.98 Å². The minimum Gasteiger partial charge on any atom is -0.492 e. The number of aromatic nitrogens is 1. The van der Waals surface area contributed by atoms with Crippen LogP contribution in [-0.2, 0) is 0 Å². The largest absolute Gasteiger partial charge is 0.492 e. The molecule has 1 aromatic heterocycles. The van der Waals surface area contributed by atoms with E-state index in [9.17, 15) is 10.1 Å². The van der Waals surface area contributed by atoms with Gasteiger partial charge >= 0.3 is 0 Å². The first-order valence-electron chi connectivity index (χ1n) is 7.51.